The van der Waals surface area contributed by atoms with Crippen molar-refractivity contribution in [3.8, 4) is 11.4 Å². The maximum Gasteiger partial charge on any atom is 0.162 e. The highest BCUT2D eigenvalue weighted by atomic mass is 15.3. The molecular weight excluding hydrogens is 466 g/mol. The van der Waals surface area contributed by atoms with Gasteiger partial charge >= 0.3 is 0 Å². The summed E-state index contributed by atoms with van der Waals surface area (Å²) >= 11 is 0. The van der Waals surface area contributed by atoms with Crippen molar-refractivity contribution >= 4 is 5.82 Å². The molecule has 3 aromatic rings. The van der Waals surface area contributed by atoms with E-state index in [4.69, 9.17) is 9.97 Å². The van der Waals surface area contributed by atoms with E-state index in [0.717, 1.165) is 75.9 Å². The van der Waals surface area contributed by atoms with E-state index >= 15 is 0 Å². The van der Waals surface area contributed by atoms with Gasteiger partial charge in [-0.1, -0.05) is 63.2 Å². The number of fused-ring (bicyclic) bond motifs is 1. The molecule has 5 nitrogen and oxygen atoms in total. The Morgan fingerprint density at radius 1 is 0.895 bits per heavy atom. The summed E-state index contributed by atoms with van der Waals surface area (Å²) in [4.78, 5) is 15.6. The maximum absolute atomic E-state index is 5.37. The Balaban J connectivity index is 1.45. The maximum atomic E-state index is 5.37. The molecule has 0 saturated carbocycles. The summed E-state index contributed by atoms with van der Waals surface area (Å²) in [5, 5.41) is 3.90. The van der Waals surface area contributed by atoms with Crippen LogP contribution in [0, 0.1) is 6.92 Å². The van der Waals surface area contributed by atoms with Crippen molar-refractivity contribution in [3.05, 3.63) is 76.0 Å². The Morgan fingerprint density at radius 3 is 2.34 bits per heavy atom. The van der Waals surface area contributed by atoms with E-state index in [1.165, 1.54) is 52.6 Å². The van der Waals surface area contributed by atoms with E-state index in [2.05, 4.69) is 85.3 Å². The highest BCUT2D eigenvalue weighted by Crippen LogP contribution is 2.32. The van der Waals surface area contributed by atoms with Gasteiger partial charge in [0.05, 0.1) is 0 Å². The molecule has 0 unspecified atom stereocenters. The summed E-state index contributed by atoms with van der Waals surface area (Å²) in [6, 6.07) is 16.1. The van der Waals surface area contributed by atoms with Gasteiger partial charge in [0.15, 0.2) is 5.82 Å². The van der Waals surface area contributed by atoms with Crippen LogP contribution in [-0.4, -0.2) is 54.1 Å². The van der Waals surface area contributed by atoms with Crippen LogP contribution in [-0.2, 0) is 25.7 Å². The highest BCUT2D eigenvalue weighted by molar-refractivity contribution is 5.68. The average molecular weight is 512 g/mol. The number of aryl methyl sites for hydroxylation is 4. The molecule has 1 N–H and O–H groups in total. The molecule has 38 heavy (non-hydrogen) atoms. The second-order valence-electron chi connectivity index (χ2n) is 10.9. The molecule has 0 radical (unpaired) electrons. The van der Waals surface area contributed by atoms with Crippen LogP contribution < -0.4 is 10.2 Å². The van der Waals surface area contributed by atoms with Gasteiger partial charge in [-0.05, 0) is 80.8 Å². The number of piperazine rings is 1. The Bertz CT molecular complexity index is 1210. The number of nitrogens with one attached hydrogen (secondary N) is 1. The Labute approximate surface area is 229 Å². The number of hydrogen-bond acceptors (Lipinski definition) is 5. The number of likely N-dealkylation sites (N-methyl/N-ethyl adjacent to an activating group) is 1. The van der Waals surface area contributed by atoms with E-state index in [1.807, 2.05) is 0 Å². The lowest BCUT2D eigenvalue weighted by molar-refractivity contribution is 0.270. The van der Waals surface area contributed by atoms with Crippen LogP contribution in [0.5, 0.6) is 0 Å². The van der Waals surface area contributed by atoms with Crippen molar-refractivity contribution in [3.63, 3.8) is 0 Å². The first-order chi connectivity index (χ1) is 18.6. The SMILES string of the molecule is CCc1cccc(CC)c1-c1nc(C)c(CCN[C@H]2CCCc3ccccc32)c(N2CCN(CC)CC2)n1. The van der Waals surface area contributed by atoms with Gasteiger partial charge in [0.1, 0.15) is 5.82 Å². The van der Waals surface area contributed by atoms with Gasteiger partial charge in [0.25, 0.3) is 0 Å². The van der Waals surface area contributed by atoms with Crippen LogP contribution in [0.25, 0.3) is 11.4 Å². The zero-order chi connectivity index (χ0) is 26.5. The first kappa shape index (κ1) is 26.8. The summed E-state index contributed by atoms with van der Waals surface area (Å²) in [7, 11) is 0. The molecule has 1 fully saturated rings. The van der Waals surface area contributed by atoms with E-state index in [9.17, 15) is 0 Å². The van der Waals surface area contributed by atoms with Crippen molar-refractivity contribution < 1.29 is 0 Å². The molecule has 1 atom stereocenters. The largest absolute Gasteiger partial charge is 0.354 e. The van der Waals surface area contributed by atoms with Crippen LogP contribution in [0.3, 0.4) is 0 Å². The summed E-state index contributed by atoms with van der Waals surface area (Å²) in [5.74, 6) is 2.06. The van der Waals surface area contributed by atoms with Crippen molar-refractivity contribution in [2.24, 2.45) is 0 Å². The molecule has 1 saturated heterocycles. The third-order valence-electron chi connectivity index (χ3n) is 8.67. The molecule has 0 spiro atoms. The van der Waals surface area contributed by atoms with Crippen LogP contribution in [0.15, 0.2) is 42.5 Å². The van der Waals surface area contributed by atoms with Crippen LogP contribution in [0.4, 0.5) is 5.82 Å². The Kier molecular flexibility index (Phi) is 8.75. The van der Waals surface area contributed by atoms with Crippen LogP contribution in [0.2, 0.25) is 0 Å². The topological polar surface area (TPSA) is 44.3 Å². The zero-order valence-electron chi connectivity index (χ0n) is 23.9. The molecule has 2 aliphatic rings. The summed E-state index contributed by atoms with van der Waals surface area (Å²) in [6.45, 7) is 15.2. The lowest BCUT2D eigenvalue weighted by Gasteiger charge is -2.36. The fourth-order valence-corrected chi connectivity index (χ4v) is 6.39. The molecule has 202 valence electrons. The zero-order valence-corrected chi connectivity index (χ0v) is 23.9. The van der Waals surface area contributed by atoms with E-state index < -0.39 is 0 Å². The Morgan fingerprint density at radius 2 is 1.63 bits per heavy atom. The number of hydrogen-bond donors (Lipinski definition) is 1. The quantitative estimate of drug-likeness (QED) is 0.386. The first-order valence-corrected chi connectivity index (χ1v) is 14.9. The van der Waals surface area contributed by atoms with Crippen LogP contribution in [0.1, 0.15) is 73.2 Å². The fraction of sp³-hybridized carbons (Fsp3) is 0.515. The lowest BCUT2D eigenvalue weighted by atomic mass is 9.87. The second kappa shape index (κ2) is 12.4. The molecule has 0 amide bonds. The van der Waals surface area contributed by atoms with Crippen molar-refractivity contribution in [1.29, 1.82) is 0 Å². The predicted octanol–water partition coefficient (Wildman–Crippen LogP) is 5.93. The minimum atomic E-state index is 0.445. The van der Waals surface area contributed by atoms with E-state index in [1.54, 1.807) is 0 Å². The number of nitrogens with zero attached hydrogens (tertiary/aromatic N) is 4. The average Bonchev–Trinajstić information content (AvgIpc) is 2.97. The van der Waals surface area contributed by atoms with Gasteiger partial charge in [0.2, 0.25) is 0 Å². The van der Waals surface area contributed by atoms with Crippen molar-refractivity contribution in [2.75, 3.05) is 44.2 Å². The monoisotopic (exact) mass is 511 g/mol. The summed E-state index contributed by atoms with van der Waals surface area (Å²) in [5.41, 5.74) is 9.37. The van der Waals surface area contributed by atoms with Gasteiger partial charge in [-0.15, -0.1) is 0 Å². The summed E-state index contributed by atoms with van der Waals surface area (Å²) < 4.78 is 0. The molecule has 5 rings (SSSR count). The van der Waals surface area contributed by atoms with Crippen LogP contribution >= 0.6 is 0 Å². The predicted molar refractivity (Wildman–Crippen MR) is 159 cm³/mol. The number of aromatic nitrogens is 2. The molecule has 2 aromatic carbocycles. The van der Waals surface area contributed by atoms with Gasteiger partial charge < -0.3 is 15.1 Å². The number of anilines is 1. The fourth-order valence-electron chi connectivity index (χ4n) is 6.39. The third-order valence-corrected chi connectivity index (χ3v) is 8.67. The van der Waals surface area contributed by atoms with Gasteiger partial charge in [-0.2, -0.15) is 0 Å². The third kappa shape index (κ3) is 5.64. The van der Waals surface area contributed by atoms with E-state index in [-0.39, 0.29) is 0 Å². The van der Waals surface area contributed by atoms with Crippen molar-refractivity contribution in [2.45, 2.75) is 72.3 Å². The standard InChI is InChI=1S/C33H45N5/c1-5-25-13-10-14-26(6-2)31(25)32-35-24(4)28(33(36-32)38-22-20-37(7-3)21-23-38)18-19-34-30-17-11-15-27-12-8-9-16-29(27)30/h8-10,12-14,16,30,34H,5-7,11,15,17-23H2,1-4H3/t30-/m0/s1. The molecule has 1 aliphatic carbocycles. The van der Waals surface area contributed by atoms with Gasteiger partial charge in [-0.25, -0.2) is 9.97 Å². The molecule has 1 aliphatic heterocycles. The van der Waals surface area contributed by atoms with Gasteiger partial charge in [-0.3, -0.25) is 0 Å². The molecule has 5 heteroatoms. The molecule has 1 aromatic heterocycles. The smallest absolute Gasteiger partial charge is 0.162 e. The minimum Gasteiger partial charge on any atom is -0.354 e. The second-order valence-corrected chi connectivity index (χ2v) is 10.9. The molecule has 2 heterocycles. The van der Waals surface area contributed by atoms with Gasteiger partial charge in [0, 0.05) is 49.0 Å². The normalized spacial score (nSPS) is 18.0. The Hall–Kier alpha value is -2.76. The molecular formula is C33H45N5. The van der Waals surface area contributed by atoms with Crippen molar-refractivity contribution in [1.82, 2.24) is 20.2 Å². The van der Waals surface area contributed by atoms with E-state index in [0.29, 0.717) is 6.04 Å². The highest BCUT2D eigenvalue weighted by Gasteiger charge is 2.24. The number of benzene rings is 2. The lowest BCUT2D eigenvalue weighted by Crippen LogP contribution is -2.47. The minimum absolute atomic E-state index is 0.445. The summed E-state index contributed by atoms with van der Waals surface area (Å²) in [6.07, 6.45) is 6.61. The first-order valence-electron chi connectivity index (χ1n) is 14.9. The number of rotatable bonds is 9. The molecule has 0 bridgehead atoms.